The van der Waals surface area contributed by atoms with Crippen LogP contribution in [0.15, 0.2) is 0 Å². The van der Waals surface area contributed by atoms with Gasteiger partial charge in [-0.3, -0.25) is 9.69 Å². The fourth-order valence-corrected chi connectivity index (χ4v) is 3.39. The molecule has 0 aromatic carbocycles. The van der Waals surface area contributed by atoms with Gasteiger partial charge in [0.15, 0.2) is 0 Å². The second kappa shape index (κ2) is 7.99. The van der Waals surface area contributed by atoms with Crippen molar-refractivity contribution in [1.29, 1.82) is 0 Å². The second-order valence-electron chi connectivity index (χ2n) is 6.43. The Bertz CT molecular complexity index is 295. The monoisotopic (exact) mass is 282 g/mol. The van der Waals surface area contributed by atoms with Crippen LogP contribution in [-0.4, -0.2) is 61.6 Å². The Balaban J connectivity index is 1.81. The van der Waals surface area contributed by atoms with Crippen molar-refractivity contribution >= 4 is 5.91 Å². The minimum atomic E-state index is 0.0302. The Hall–Kier alpha value is -0.610. The Kier molecular flexibility index (Phi) is 6.30. The fraction of sp³-hybridized carbons (Fsp3) is 0.938. The zero-order chi connectivity index (χ0) is 14.4. The average molecular weight is 282 g/mol. The van der Waals surface area contributed by atoms with E-state index in [1.807, 2.05) is 11.9 Å². The summed E-state index contributed by atoms with van der Waals surface area (Å²) in [4.78, 5) is 16.9. The molecule has 2 fully saturated rings. The maximum atomic E-state index is 12.6. The van der Waals surface area contributed by atoms with Crippen molar-refractivity contribution < 1.29 is 9.53 Å². The van der Waals surface area contributed by atoms with E-state index in [0.717, 1.165) is 39.3 Å². The molecule has 4 nitrogen and oxygen atoms in total. The van der Waals surface area contributed by atoms with Gasteiger partial charge < -0.3 is 9.64 Å². The molecule has 0 aromatic rings. The summed E-state index contributed by atoms with van der Waals surface area (Å²) in [6.45, 7) is 6.77. The quantitative estimate of drug-likeness (QED) is 0.792. The van der Waals surface area contributed by atoms with Crippen molar-refractivity contribution in [3.05, 3.63) is 0 Å². The van der Waals surface area contributed by atoms with Crippen molar-refractivity contribution in [3.8, 4) is 0 Å². The van der Waals surface area contributed by atoms with Gasteiger partial charge in [0.1, 0.15) is 0 Å². The molecule has 0 saturated carbocycles. The van der Waals surface area contributed by atoms with E-state index in [-0.39, 0.29) is 11.9 Å². The molecule has 0 aliphatic carbocycles. The van der Waals surface area contributed by atoms with Crippen LogP contribution in [0.3, 0.4) is 0 Å². The fourth-order valence-electron chi connectivity index (χ4n) is 3.39. The van der Waals surface area contributed by atoms with E-state index >= 15 is 0 Å². The highest BCUT2D eigenvalue weighted by molar-refractivity contribution is 5.81. The number of amides is 1. The van der Waals surface area contributed by atoms with Crippen LogP contribution in [0, 0.1) is 5.92 Å². The lowest BCUT2D eigenvalue weighted by Gasteiger charge is -2.32. The highest BCUT2D eigenvalue weighted by atomic mass is 16.5. The summed E-state index contributed by atoms with van der Waals surface area (Å²) in [5.41, 5.74) is 0. The van der Waals surface area contributed by atoms with Crippen LogP contribution in [0.5, 0.6) is 0 Å². The molecular formula is C16H30N2O2. The summed E-state index contributed by atoms with van der Waals surface area (Å²) in [6.07, 6.45) is 7.42. The Labute approximate surface area is 123 Å². The molecule has 116 valence electrons. The first-order valence-electron chi connectivity index (χ1n) is 8.25. The van der Waals surface area contributed by atoms with Crippen LogP contribution < -0.4 is 0 Å². The first-order valence-corrected chi connectivity index (χ1v) is 8.25. The molecule has 2 heterocycles. The van der Waals surface area contributed by atoms with Crippen molar-refractivity contribution in [2.45, 2.75) is 51.5 Å². The molecule has 0 radical (unpaired) electrons. The number of ether oxygens (including phenoxy) is 1. The van der Waals surface area contributed by atoms with Gasteiger partial charge in [-0.05, 0) is 51.6 Å². The smallest absolute Gasteiger partial charge is 0.239 e. The predicted molar refractivity (Wildman–Crippen MR) is 80.7 cm³/mol. The molecule has 0 aromatic heterocycles. The number of likely N-dealkylation sites (tertiary alicyclic amines) is 1. The van der Waals surface area contributed by atoms with E-state index < -0.39 is 0 Å². The number of likely N-dealkylation sites (N-methyl/N-ethyl adjacent to an activating group) is 1. The van der Waals surface area contributed by atoms with Gasteiger partial charge in [-0.1, -0.05) is 12.8 Å². The average Bonchev–Trinajstić information content (AvgIpc) is 2.75. The second-order valence-corrected chi connectivity index (χ2v) is 6.43. The van der Waals surface area contributed by atoms with Crippen molar-refractivity contribution in [3.63, 3.8) is 0 Å². The third kappa shape index (κ3) is 4.45. The molecule has 4 heteroatoms. The summed E-state index contributed by atoms with van der Waals surface area (Å²) >= 11 is 0. The van der Waals surface area contributed by atoms with Gasteiger partial charge in [-0.25, -0.2) is 0 Å². The number of carbonyl (C=O) groups is 1. The normalized spacial score (nSPS) is 26.8. The first-order chi connectivity index (χ1) is 9.68. The number of carbonyl (C=O) groups excluding carboxylic acids is 1. The van der Waals surface area contributed by atoms with Gasteiger partial charge in [0.25, 0.3) is 0 Å². The summed E-state index contributed by atoms with van der Waals surface area (Å²) < 4.78 is 5.51. The van der Waals surface area contributed by atoms with Gasteiger partial charge in [0, 0.05) is 20.2 Å². The van der Waals surface area contributed by atoms with Gasteiger partial charge in [0.05, 0.1) is 12.6 Å². The van der Waals surface area contributed by atoms with Gasteiger partial charge >= 0.3 is 0 Å². The molecule has 2 aliphatic rings. The Morgan fingerprint density at radius 2 is 1.95 bits per heavy atom. The van der Waals surface area contributed by atoms with E-state index in [2.05, 4.69) is 11.8 Å². The zero-order valence-electron chi connectivity index (χ0n) is 13.1. The Morgan fingerprint density at radius 3 is 2.55 bits per heavy atom. The van der Waals surface area contributed by atoms with E-state index in [1.165, 1.54) is 32.1 Å². The Morgan fingerprint density at radius 1 is 1.25 bits per heavy atom. The van der Waals surface area contributed by atoms with Crippen molar-refractivity contribution in [1.82, 2.24) is 9.80 Å². The lowest BCUT2D eigenvalue weighted by Crippen LogP contribution is -2.47. The highest BCUT2D eigenvalue weighted by Crippen LogP contribution is 2.17. The maximum Gasteiger partial charge on any atom is 0.239 e. The maximum absolute atomic E-state index is 12.6. The topological polar surface area (TPSA) is 32.8 Å². The zero-order valence-corrected chi connectivity index (χ0v) is 13.1. The third-order valence-corrected chi connectivity index (χ3v) is 4.71. The van der Waals surface area contributed by atoms with Crippen molar-refractivity contribution in [2.75, 3.05) is 39.9 Å². The van der Waals surface area contributed by atoms with Crippen molar-refractivity contribution in [2.24, 2.45) is 5.92 Å². The van der Waals surface area contributed by atoms with E-state index in [0.29, 0.717) is 5.92 Å². The van der Waals surface area contributed by atoms with Crippen LogP contribution in [0.4, 0.5) is 0 Å². The molecule has 0 unspecified atom stereocenters. The van der Waals surface area contributed by atoms with Gasteiger partial charge in [-0.15, -0.1) is 0 Å². The number of hydrogen-bond donors (Lipinski definition) is 0. The van der Waals surface area contributed by atoms with Crippen LogP contribution in [-0.2, 0) is 9.53 Å². The number of hydrogen-bond acceptors (Lipinski definition) is 3. The minimum absolute atomic E-state index is 0.0302. The summed E-state index contributed by atoms with van der Waals surface area (Å²) in [5, 5.41) is 0. The van der Waals surface area contributed by atoms with E-state index in [1.54, 1.807) is 0 Å². The predicted octanol–water partition coefficient (Wildman–Crippen LogP) is 2.14. The third-order valence-electron chi connectivity index (χ3n) is 4.71. The minimum Gasteiger partial charge on any atom is -0.381 e. The first kappa shape index (κ1) is 15.8. The molecule has 2 atom stereocenters. The molecule has 0 N–H and O–H groups in total. The molecule has 1 amide bonds. The number of rotatable bonds is 4. The molecule has 0 bridgehead atoms. The van der Waals surface area contributed by atoms with Gasteiger partial charge in [0.2, 0.25) is 5.91 Å². The molecule has 20 heavy (non-hydrogen) atoms. The molecule has 0 spiro atoms. The molecule has 2 rings (SSSR count). The molecule has 2 aliphatic heterocycles. The summed E-state index contributed by atoms with van der Waals surface area (Å²) in [5.74, 6) is 0.798. The van der Waals surface area contributed by atoms with Gasteiger partial charge in [-0.2, -0.15) is 0 Å². The van der Waals surface area contributed by atoms with Crippen LogP contribution in [0.2, 0.25) is 0 Å². The van der Waals surface area contributed by atoms with E-state index in [4.69, 9.17) is 4.74 Å². The summed E-state index contributed by atoms with van der Waals surface area (Å²) in [6, 6.07) is 0.0302. The van der Waals surface area contributed by atoms with Crippen LogP contribution in [0.25, 0.3) is 0 Å². The van der Waals surface area contributed by atoms with Crippen LogP contribution >= 0.6 is 0 Å². The lowest BCUT2D eigenvalue weighted by atomic mass is 10.0. The highest BCUT2D eigenvalue weighted by Gasteiger charge is 2.26. The lowest BCUT2D eigenvalue weighted by molar-refractivity contribution is -0.136. The van der Waals surface area contributed by atoms with E-state index in [9.17, 15) is 4.79 Å². The van der Waals surface area contributed by atoms with Crippen LogP contribution in [0.1, 0.15) is 45.4 Å². The largest absolute Gasteiger partial charge is 0.381 e. The standard InChI is InChI=1S/C16H30N2O2/c1-14(18-9-5-3-4-6-10-18)16(19)17(2)12-15-8-7-11-20-13-15/h14-15H,3-13H2,1-2H3/t14-,15+/m1/s1. The molecule has 2 saturated heterocycles. The SMILES string of the molecule is C[C@H](C(=O)N(C)C[C@@H]1CCCOC1)N1CCCCCC1. The summed E-state index contributed by atoms with van der Waals surface area (Å²) in [7, 11) is 1.95. The molecular weight excluding hydrogens is 252 g/mol. The number of nitrogens with zero attached hydrogens (tertiary/aromatic N) is 2.